The molecule has 0 aliphatic rings. The summed E-state index contributed by atoms with van der Waals surface area (Å²) in [5, 5.41) is 14.0. The van der Waals surface area contributed by atoms with Crippen molar-refractivity contribution in [2.75, 3.05) is 34.4 Å². The zero-order valence-corrected chi connectivity index (χ0v) is 21.6. The van der Waals surface area contributed by atoms with Crippen LogP contribution in [0.4, 0.5) is 0 Å². The van der Waals surface area contributed by atoms with Gasteiger partial charge in [-0.2, -0.15) is 9.41 Å². The van der Waals surface area contributed by atoms with Crippen LogP contribution in [0.3, 0.4) is 0 Å². The van der Waals surface area contributed by atoms with Gasteiger partial charge in [0.05, 0.1) is 39.0 Å². The predicted molar refractivity (Wildman–Crippen MR) is 139 cm³/mol. The first-order chi connectivity index (χ1) is 17.8. The van der Waals surface area contributed by atoms with Crippen molar-refractivity contribution < 1.29 is 32.5 Å². The van der Waals surface area contributed by atoms with E-state index in [1.54, 1.807) is 18.2 Å². The number of hydrogen-bond acceptors (Lipinski definition) is 8. The van der Waals surface area contributed by atoms with Gasteiger partial charge < -0.3 is 19.3 Å². The minimum absolute atomic E-state index is 0.0455. The van der Waals surface area contributed by atoms with Crippen molar-refractivity contribution in [3.63, 3.8) is 0 Å². The van der Waals surface area contributed by atoms with Gasteiger partial charge in [-0.15, -0.1) is 0 Å². The number of ether oxygens (including phenoxy) is 3. The number of methoxy groups -OCH3 is 3. The largest absolute Gasteiger partial charge is 0.504 e. The number of sulfonamides is 1. The third-order valence-corrected chi connectivity index (χ3v) is 7.29. The second-order valence-electron chi connectivity index (χ2n) is 7.78. The summed E-state index contributed by atoms with van der Waals surface area (Å²) in [6.45, 7) is -0.431. The molecule has 0 saturated carbocycles. The zero-order chi connectivity index (χ0) is 26.8. The fourth-order valence-corrected chi connectivity index (χ4v) is 4.90. The molecule has 0 aliphatic carbocycles. The highest BCUT2D eigenvalue weighted by Gasteiger charge is 2.27. The highest BCUT2D eigenvalue weighted by Crippen LogP contribution is 2.31. The molecule has 0 heterocycles. The average molecular weight is 528 g/mol. The van der Waals surface area contributed by atoms with E-state index >= 15 is 0 Å². The molecule has 196 valence electrons. The van der Waals surface area contributed by atoms with Gasteiger partial charge in [0.15, 0.2) is 23.0 Å². The van der Waals surface area contributed by atoms with Crippen molar-refractivity contribution in [2.24, 2.45) is 5.10 Å². The van der Waals surface area contributed by atoms with Crippen molar-refractivity contribution >= 4 is 22.1 Å². The predicted octanol–water partition coefficient (Wildman–Crippen LogP) is 2.80. The maximum atomic E-state index is 13.5. The topological polar surface area (TPSA) is 127 Å². The summed E-state index contributed by atoms with van der Waals surface area (Å²) < 4.78 is 43.6. The Hall–Kier alpha value is -4.09. The van der Waals surface area contributed by atoms with Crippen LogP contribution in [0, 0.1) is 0 Å². The fraction of sp³-hybridized carbons (Fsp3) is 0.231. The summed E-state index contributed by atoms with van der Waals surface area (Å²) >= 11 is 0. The average Bonchev–Trinajstić information content (AvgIpc) is 2.92. The normalized spacial score (nSPS) is 11.5. The van der Waals surface area contributed by atoms with Crippen molar-refractivity contribution in [1.29, 1.82) is 0 Å². The summed E-state index contributed by atoms with van der Waals surface area (Å²) in [6.07, 6.45) is 1.63. The third-order valence-electron chi connectivity index (χ3n) is 5.45. The monoisotopic (exact) mass is 527 g/mol. The number of hydrogen-bond donors (Lipinski definition) is 2. The molecule has 37 heavy (non-hydrogen) atoms. The van der Waals surface area contributed by atoms with Gasteiger partial charge in [-0.1, -0.05) is 36.4 Å². The molecule has 0 aromatic heterocycles. The van der Waals surface area contributed by atoms with Crippen LogP contribution in [0.1, 0.15) is 11.1 Å². The number of benzene rings is 3. The Kier molecular flexibility index (Phi) is 9.47. The van der Waals surface area contributed by atoms with E-state index in [0.717, 1.165) is 9.87 Å². The summed E-state index contributed by atoms with van der Waals surface area (Å²) in [5.41, 5.74) is 3.55. The Labute approximate surface area is 216 Å². The van der Waals surface area contributed by atoms with Crippen LogP contribution in [-0.2, 0) is 21.2 Å². The SMILES string of the molecule is COc1ccc(S(=O)(=O)N(CCc2ccccc2)CC(=O)N/N=C\c2cccc(OC)c2O)cc1OC. The van der Waals surface area contributed by atoms with E-state index in [1.807, 2.05) is 30.3 Å². The molecule has 0 atom stereocenters. The molecular weight excluding hydrogens is 498 g/mol. The smallest absolute Gasteiger partial charge is 0.255 e. The molecule has 0 spiro atoms. The number of carbonyl (C=O) groups is 1. The maximum Gasteiger partial charge on any atom is 0.255 e. The lowest BCUT2D eigenvalue weighted by atomic mass is 10.1. The highest BCUT2D eigenvalue weighted by atomic mass is 32.2. The van der Waals surface area contributed by atoms with Gasteiger partial charge in [-0.05, 0) is 36.2 Å². The molecule has 0 aliphatic heterocycles. The number of phenolic OH excluding ortho intramolecular Hbond substituents is 1. The number of amides is 1. The number of aromatic hydroxyl groups is 1. The molecule has 3 rings (SSSR count). The summed E-state index contributed by atoms with van der Waals surface area (Å²) in [4.78, 5) is 12.7. The molecule has 11 heteroatoms. The van der Waals surface area contributed by atoms with Gasteiger partial charge >= 0.3 is 0 Å². The lowest BCUT2D eigenvalue weighted by Crippen LogP contribution is -2.40. The Morgan fingerprint density at radius 3 is 2.32 bits per heavy atom. The molecule has 3 aromatic rings. The van der Waals surface area contributed by atoms with E-state index < -0.39 is 22.5 Å². The second kappa shape index (κ2) is 12.7. The molecule has 3 aromatic carbocycles. The van der Waals surface area contributed by atoms with E-state index in [1.165, 1.54) is 45.7 Å². The number of rotatable bonds is 12. The van der Waals surface area contributed by atoms with Crippen LogP contribution in [0.15, 0.2) is 76.7 Å². The Bertz CT molecular complexity index is 1350. The van der Waals surface area contributed by atoms with Crippen molar-refractivity contribution in [3.8, 4) is 23.0 Å². The van der Waals surface area contributed by atoms with E-state index in [-0.39, 0.29) is 28.7 Å². The van der Waals surface area contributed by atoms with Gasteiger partial charge in [0.1, 0.15) is 0 Å². The fourth-order valence-electron chi connectivity index (χ4n) is 3.49. The van der Waals surface area contributed by atoms with Crippen LogP contribution < -0.4 is 19.6 Å². The van der Waals surface area contributed by atoms with E-state index in [2.05, 4.69) is 10.5 Å². The number of nitrogens with one attached hydrogen (secondary N) is 1. The number of nitrogens with zero attached hydrogens (tertiary/aromatic N) is 2. The van der Waals surface area contributed by atoms with Crippen molar-refractivity contribution in [2.45, 2.75) is 11.3 Å². The molecule has 10 nitrogen and oxygen atoms in total. The number of carbonyl (C=O) groups excluding carboxylic acids is 1. The van der Waals surface area contributed by atoms with E-state index in [0.29, 0.717) is 17.7 Å². The third kappa shape index (κ3) is 6.99. The molecule has 0 unspecified atom stereocenters. The first kappa shape index (κ1) is 27.5. The number of hydrazone groups is 1. The van der Waals surface area contributed by atoms with Crippen LogP contribution in [-0.4, -0.2) is 64.4 Å². The van der Waals surface area contributed by atoms with Crippen LogP contribution in [0.5, 0.6) is 23.0 Å². The van der Waals surface area contributed by atoms with Crippen molar-refractivity contribution in [3.05, 3.63) is 77.9 Å². The molecule has 0 saturated heterocycles. The van der Waals surface area contributed by atoms with Crippen LogP contribution >= 0.6 is 0 Å². The quantitative estimate of drug-likeness (QED) is 0.274. The Morgan fingerprint density at radius 1 is 0.946 bits per heavy atom. The Morgan fingerprint density at radius 2 is 1.65 bits per heavy atom. The molecule has 1 amide bonds. The second-order valence-corrected chi connectivity index (χ2v) is 9.72. The van der Waals surface area contributed by atoms with E-state index in [9.17, 15) is 18.3 Å². The summed E-state index contributed by atoms with van der Waals surface area (Å²) in [6, 6.07) is 18.4. The summed E-state index contributed by atoms with van der Waals surface area (Å²) in [5.74, 6) is 0.0894. The molecule has 2 N–H and O–H groups in total. The lowest BCUT2D eigenvalue weighted by molar-refractivity contribution is -0.121. The summed E-state index contributed by atoms with van der Waals surface area (Å²) in [7, 11) is 0.191. The molecule has 0 fully saturated rings. The van der Waals surface area contributed by atoms with Gasteiger partial charge in [0.2, 0.25) is 10.0 Å². The van der Waals surface area contributed by atoms with Gasteiger partial charge in [-0.3, -0.25) is 4.79 Å². The lowest BCUT2D eigenvalue weighted by Gasteiger charge is -2.22. The van der Waals surface area contributed by atoms with E-state index in [4.69, 9.17) is 14.2 Å². The standard InChI is InChI=1S/C26H29N3O7S/c1-34-22-13-12-21(16-24(22)36-3)37(32,33)29(15-14-19-8-5-4-6-9-19)18-25(30)28-27-17-20-10-7-11-23(35-2)26(20)31/h4-13,16-17,31H,14-15,18H2,1-3H3,(H,28,30)/b27-17-. The molecule has 0 radical (unpaired) electrons. The highest BCUT2D eigenvalue weighted by molar-refractivity contribution is 7.89. The minimum atomic E-state index is -4.09. The van der Waals surface area contributed by atoms with Gasteiger partial charge in [0.25, 0.3) is 5.91 Å². The van der Waals surface area contributed by atoms with Crippen LogP contribution in [0.2, 0.25) is 0 Å². The first-order valence-corrected chi connectivity index (χ1v) is 12.7. The van der Waals surface area contributed by atoms with Gasteiger partial charge in [-0.25, -0.2) is 13.8 Å². The Balaban J connectivity index is 1.81. The number of para-hydroxylation sites is 1. The minimum Gasteiger partial charge on any atom is -0.504 e. The van der Waals surface area contributed by atoms with Crippen LogP contribution in [0.25, 0.3) is 0 Å². The van der Waals surface area contributed by atoms with Crippen molar-refractivity contribution in [1.82, 2.24) is 9.73 Å². The first-order valence-electron chi connectivity index (χ1n) is 11.2. The number of phenols is 1. The maximum absolute atomic E-state index is 13.5. The zero-order valence-electron chi connectivity index (χ0n) is 20.7. The molecular formula is C26H29N3O7S. The molecule has 0 bridgehead atoms. The van der Waals surface area contributed by atoms with Gasteiger partial charge in [0, 0.05) is 18.2 Å².